The molecule has 2 heteroatoms. The molecule has 1 saturated heterocycles. The minimum Gasteiger partial charge on any atom is -0.301 e. The van der Waals surface area contributed by atoms with Gasteiger partial charge in [0.2, 0.25) is 0 Å². The quantitative estimate of drug-likeness (QED) is 0.649. The van der Waals surface area contributed by atoms with Crippen LogP contribution in [0.3, 0.4) is 0 Å². The smallest absolute Gasteiger partial charge is 0.0110 e. The van der Waals surface area contributed by atoms with Crippen molar-refractivity contribution in [3.8, 4) is 0 Å². The van der Waals surface area contributed by atoms with Crippen LogP contribution in [0.5, 0.6) is 0 Å². The second-order valence-electron chi connectivity index (χ2n) is 4.59. The SMILES string of the molecule is CCCN1CCN(CC2CC2)CC1. The molecule has 2 rings (SSSR count). The van der Waals surface area contributed by atoms with Gasteiger partial charge in [0.15, 0.2) is 0 Å². The number of rotatable bonds is 4. The first-order valence-corrected chi connectivity index (χ1v) is 5.83. The van der Waals surface area contributed by atoms with Crippen molar-refractivity contribution >= 4 is 0 Å². The fourth-order valence-corrected chi connectivity index (χ4v) is 2.18. The molecule has 0 aromatic rings. The van der Waals surface area contributed by atoms with Crippen LogP contribution >= 0.6 is 0 Å². The van der Waals surface area contributed by atoms with E-state index < -0.39 is 0 Å². The minimum absolute atomic E-state index is 1.07. The van der Waals surface area contributed by atoms with E-state index >= 15 is 0 Å². The van der Waals surface area contributed by atoms with Crippen molar-refractivity contribution in [2.45, 2.75) is 26.2 Å². The fourth-order valence-electron chi connectivity index (χ4n) is 2.18. The molecule has 0 aromatic carbocycles. The molecule has 1 saturated carbocycles. The Morgan fingerprint density at radius 1 is 1.00 bits per heavy atom. The van der Waals surface area contributed by atoms with Crippen LogP contribution in [-0.4, -0.2) is 49.1 Å². The van der Waals surface area contributed by atoms with Gasteiger partial charge in [0.1, 0.15) is 0 Å². The Morgan fingerprint density at radius 2 is 1.62 bits per heavy atom. The van der Waals surface area contributed by atoms with Crippen LogP contribution in [0, 0.1) is 5.92 Å². The predicted octanol–water partition coefficient (Wildman–Crippen LogP) is 1.42. The molecular formula is C11H22N2. The van der Waals surface area contributed by atoms with Crippen molar-refractivity contribution in [3.05, 3.63) is 0 Å². The molecule has 0 radical (unpaired) electrons. The van der Waals surface area contributed by atoms with Crippen molar-refractivity contribution in [1.29, 1.82) is 0 Å². The van der Waals surface area contributed by atoms with Gasteiger partial charge < -0.3 is 9.80 Å². The van der Waals surface area contributed by atoms with Crippen molar-refractivity contribution in [3.63, 3.8) is 0 Å². The van der Waals surface area contributed by atoms with Crippen LogP contribution in [-0.2, 0) is 0 Å². The maximum atomic E-state index is 2.66. The Morgan fingerprint density at radius 3 is 2.15 bits per heavy atom. The molecule has 0 N–H and O–H groups in total. The van der Waals surface area contributed by atoms with Crippen LogP contribution in [0.25, 0.3) is 0 Å². The lowest BCUT2D eigenvalue weighted by Gasteiger charge is -2.34. The van der Waals surface area contributed by atoms with Gasteiger partial charge in [0, 0.05) is 32.7 Å². The van der Waals surface area contributed by atoms with E-state index in [4.69, 9.17) is 0 Å². The Kier molecular flexibility index (Phi) is 3.23. The van der Waals surface area contributed by atoms with Gasteiger partial charge >= 0.3 is 0 Å². The number of hydrogen-bond acceptors (Lipinski definition) is 2. The van der Waals surface area contributed by atoms with E-state index in [0.29, 0.717) is 0 Å². The van der Waals surface area contributed by atoms with Gasteiger partial charge in [-0.15, -0.1) is 0 Å². The maximum absolute atomic E-state index is 2.66. The molecule has 0 atom stereocenters. The molecule has 76 valence electrons. The van der Waals surface area contributed by atoms with Gasteiger partial charge in [-0.05, 0) is 31.7 Å². The summed E-state index contributed by atoms with van der Waals surface area (Å²) in [4.78, 5) is 5.26. The van der Waals surface area contributed by atoms with Gasteiger partial charge in [-0.25, -0.2) is 0 Å². The zero-order valence-corrected chi connectivity index (χ0v) is 8.84. The summed E-state index contributed by atoms with van der Waals surface area (Å²) in [6.45, 7) is 10.2. The minimum atomic E-state index is 1.07. The summed E-state index contributed by atoms with van der Waals surface area (Å²) in [5.41, 5.74) is 0. The van der Waals surface area contributed by atoms with E-state index in [2.05, 4.69) is 16.7 Å². The predicted molar refractivity (Wildman–Crippen MR) is 55.9 cm³/mol. The van der Waals surface area contributed by atoms with Gasteiger partial charge in [0.05, 0.1) is 0 Å². The lowest BCUT2D eigenvalue weighted by molar-refractivity contribution is 0.128. The van der Waals surface area contributed by atoms with E-state index in [9.17, 15) is 0 Å². The average molecular weight is 182 g/mol. The molecule has 2 fully saturated rings. The third kappa shape index (κ3) is 2.96. The summed E-state index contributed by atoms with van der Waals surface area (Å²) in [5.74, 6) is 1.07. The van der Waals surface area contributed by atoms with Gasteiger partial charge in [-0.2, -0.15) is 0 Å². The average Bonchev–Trinajstić information content (AvgIpc) is 2.93. The van der Waals surface area contributed by atoms with E-state index in [1.54, 1.807) is 0 Å². The number of nitrogens with zero attached hydrogens (tertiary/aromatic N) is 2. The molecule has 1 aliphatic carbocycles. The second-order valence-corrected chi connectivity index (χ2v) is 4.59. The standard InChI is InChI=1S/C11H22N2/c1-2-5-12-6-8-13(9-7-12)10-11-3-4-11/h11H,2-10H2,1H3. The van der Waals surface area contributed by atoms with Crippen molar-refractivity contribution in [2.75, 3.05) is 39.3 Å². The van der Waals surface area contributed by atoms with Gasteiger partial charge in [-0.3, -0.25) is 0 Å². The van der Waals surface area contributed by atoms with Gasteiger partial charge in [-0.1, -0.05) is 6.92 Å². The zero-order valence-electron chi connectivity index (χ0n) is 8.84. The van der Waals surface area contributed by atoms with Crippen molar-refractivity contribution < 1.29 is 0 Å². The number of hydrogen-bond donors (Lipinski definition) is 0. The largest absolute Gasteiger partial charge is 0.301 e. The summed E-state index contributed by atoms with van der Waals surface area (Å²) in [6, 6.07) is 0. The topological polar surface area (TPSA) is 6.48 Å². The molecule has 0 bridgehead atoms. The highest BCUT2D eigenvalue weighted by Crippen LogP contribution is 2.29. The molecule has 0 aromatic heterocycles. The van der Waals surface area contributed by atoms with E-state index in [1.807, 2.05) is 0 Å². The highest BCUT2D eigenvalue weighted by Gasteiger charge is 2.25. The molecule has 2 aliphatic rings. The van der Waals surface area contributed by atoms with Crippen LogP contribution in [0.1, 0.15) is 26.2 Å². The first-order chi connectivity index (χ1) is 6.38. The highest BCUT2D eigenvalue weighted by molar-refractivity contribution is 4.80. The summed E-state index contributed by atoms with van der Waals surface area (Å²) < 4.78 is 0. The monoisotopic (exact) mass is 182 g/mol. The van der Waals surface area contributed by atoms with E-state index in [0.717, 1.165) is 5.92 Å². The molecule has 0 amide bonds. The summed E-state index contributed by atoms with van der Waals surface area (Å²) in [7, 11) is 0. The van der Waals surface area contributed by atoms with Crippen LogP contribution < -0.4 is 0 Å². The lowest BCUT2D eigenvalue weighted by Crippen LogP contribution is -2.46. The maximum Gasteiger partial charge on any atom is 0.0110 e. The van der Waals surface area contributed by atoms with Crippen LogP contribution in [0.15, 0.2) is 0 Å². The highest BCUT2D eigenvalue weighted by atomic mass is 15.3. The normalized spacial score (nSPS) is 26.5. The second kappa shape index (κ2) is 4.43. The Hall–Kier alpha value is -0.0800. The van der Waals surface area contributed by atoms with Gasteiger partial charge in [0.25, 0.3) is 0 Å². The molecule has 13 heavy (non-hydrogen) atoms. The third-order valence-corrected chi connectivity index (χ3v) is 3.22. The first kappa shape index (κ1) is 9.47. The summed E-state index contributed by atoms with van der Waals surface area (Å²) in [6.07, 6.45) is 4.30. The summed E-state index contributed by atoms with van der Waals surface area (Å²) in [5, 5.41) is 0. The molecule has 2 nitrogen and oxygen atoms in total. The molecule has 1 heterocycles. The Bertz CT molecular complexity index is 146. The van der Waals surface area contributed by atoms with Crippen molar-refractivity contribution in [1.82, 2.24) is 9.80 Å². The molecule has 1 aliphatic heterocycles. The van der Waals surface area contributed by atoms with Crippen LogP contribution in [0.4, 0.5) is 0 Å². The molecule has 0 spiro atoms. The fraction of sp³-hybridized carbons (Fsp3) is 1.00. The third-order valence-electron chi connectivity index (χ3n) is 3.22. The van der Waals surface area contributed by atoms with E-state index in [-0.39, 0.29) is 0 Å². The van der Waals surface area contributed by atoms with Crippen molar-refractivity contribution in [2.24, 2.45) is 5.92 Å². The molecular weight excluding hydrogens is 160 g/mol. The Balaban J connectivity index is 1.63. The molecule has 0 unspecified atom stereocenters. The zero-order chi connectivity index (χ0) is 9.10. The van der Waals surface area contributed by atoms with Crippen LogP contribution in [0.2, 0.25) is 0 Å². The lowest BCUT2D eigenvalue weighted by atomic mass is 10.2. The Labute approximate surface area is 81.9 Å². The van der Waals surface area contributed by atoms with E-state index in [1.165, 1.54) is 58.5 Å². The first-order valence-electron chi connectivity index (χ1n) is 5.83. The summed E-state index contributed by atoms with van der Waals surface area (Å²) >= 11 is 0. The number of piperazine rings is 1.